The number of aryl methyl sites for hydroxylation is 1. The number of hydrogen-bond acceptors (Lipinski definition) is 2. The molecule has 2 rings (SSSR count). The molecule has 0 radical (unpaired) electrons. The van der Waals surface area contributed by atoms with Crippen LogP contribution in [0.3, 0.4) is 0 Å². The number of amides is 1. The Morgan fingerprint density at radius 2 is 2.11 bits per heavy atom. The maximum atomic E-state index is 11.3. The Morgan fingerprint density at radius 3 is 2.79 bits per heavy atom. The molecule has 100 valence electrons. The first kappa shape index (κ1) is 13.4. The third-order valence-corrected chi connectivity index (χ3v) is 3.61. The molecule has 0 aromatic heterocycles. The molecule has 1 amide bonds. The summed E-state index contributed by atoms with van der Waals surface area (Å²) < 4.78 is 0. The summed E-state index contributed by atoms with van der Waals surface area (Å²) in [6, 6.07) is 11.4. The molecule has 0 aliphatic heterocycles. The topological polar surface area (TPSA) is 63.3 Å². The lowest BCUT2D eigenvalue weighted by Gasteiger charge is -2.12. The summed E-state index contributed by atoms with van der Waals surface area (Å²) >= 11 is 0. The summed E-state index contributed by atoms with van der Waals surface area (Å²) in [5.74, 6) is -0.0416. The molecule has 2 aromatic rings. The van der Waals surface area contributed by atoms with Gasteiger partial charge in [0.15, 0.2) is 0 Å². The van der Waals surface area contributed by atoms with E-state index in [0.29, 0.717) is 0 Å². The standard InChI is InChI=1S/C16H19NO2/c1-2-11(16(17)19)6-7-12-4-3-5-13-8-9-14(18)10-15(12)13/h3-5,8-11,18H,2,6-7H2,1H3,(H2,17,19). The van der Waals surface area contributed by atoms with E-state index in [1.165, 1.54) is 0 Å². The number of carbonyl (C=O) groups excluding carboxylic acids is 1. The molecular weight excluding hydrogens is 238 g/mol. The molecule has 0 fully saturated rings. The summed E-state index contributed by atoms with van der Waals surface area (Å²) in [5.41, 5.74) is 6.52. The molecule has 1 atom stereocenters. The molecule has 1 unspecified atom stereocenters. The first-order valence-corrected chi connectivity index (χ1v) is 6.61. The average molecular weight is 257 g/mol. The molecule has 0 aliphatic rings. The number of nitrogens with two attached hydrogens (primary N) is 1. The molecule has 0 saturated heterocycles. The Morgan fingerprint density at radius 1 is 1.32 bits per heavy atom. The number of rotatable bonds is 5. The lowest BCUT2D eigenvalue weighted by Crippen LogP contribution is -2.23. The van der Waals surface area contributed by atoms with E-state index in [0.717, 1.165) is 35.6 Å². The van der Waals surface area contributed by atoms with Crippen LogP contribution < -0.4 is 5.73 Å². The van der Waals surface area contributed by atoms with E-state index in [-0.39, 0.29) is 17.6 Å². The SMILES string of the molecule is CCC(CCc1cccc2ccc(O)cc12)C(N)=O. The van der Waals surface area contributed by atoms with E-state index in [4.69, 9.17) is 5.73 Å². The molecule has 19 heavy (non-hydrogen) atoms. The Labute approximate surface area is 113 Å². The number of aromatic hydroxyl groups is 1. The van der Waals surface area contributed by atoms with Crippen LogP contribution in [0.4, 0.5) is 0 Å². The van der Waals surface area contributed by atoms with Gasteiger partial charge in [-0.25, -0.2) is 0 Å². The lowest BCUT2D eigenvalue weighted by molar-refractivity contribution is -0.122. The number of primary amides is 1. The second-order valence-electron chi connectivity index (χ2n) is 4.87. The van der Waals surface area contributed by atoms with E-state index in [9.17, 15) is 9.90 Å². The van der Waals surface area contributed by atoms with Gasteiger partial charge in [-0.3, -0.25) is 4.79 Å². The Hall–Kier alpha value is -2.03. The highest BCUT2D eigenvalue weighted by Crippen LogP contribution is 2.25. The van der Waals surface area contributed by atoms with Gasteiger partial charge in [-0.2, -0.15) is 0 Å². The first-order valence-electron chi connectivity index (χ1n) is 6.61. The van der Waals surface area contributed by atoms with Crippen molar-refractivity contribution in [2.75, 3.05) is 0 Å². The normalized spacial score (nSPS) is 12.5. The quantitative estimate of drug-likeness (QED) is 0.864. The molecule has 0 saturated carbocycles. The monoisotopic (exact) mass is 257 g/mol. The number of phenolic OH excluding ortho intramolecular Hbond substituents is 1. The van der Waals surface area contributed by atoms with Gasteiger partial charge in [-0.05, 0) is 47.7 Å². The van der Waals surface area contributed by atoms with Crippen LogP contribution in [0.1, 0.15) is 25.3 Å². The van der Waals surface area contributed by atoms with Gasteiger partial charge in [0.25, 0.3) is 0 Å². The number of carbonyl (C=O) groups is 1. The maximum absolute atomic E-state index is 11.3. The van der Waals surface area contributed by atoms with E-state index in [1.54, 1.807) is 12.1 Å². The van der Waals surface area contributed by atoms with Crippen LogP contribution in [0.5, 0.6) is 5.75 Å². The summed E-state index contributed by atoms with van der Waals surface area (Å²) in [5, 5.41) is 11.7. The zero-order chi connectivity index (χ0) is 13.8. The molecule has 0 spiro atoms. The van der Waals surface area contributed by atoms with Gasteiger partial charge in [0.1, 0.15) is 5.75 Å². The fourth-order valence-corrected chi connectivity index (χ4v) is 2.42. The van der Waals surface area contributed by atoms with E-state index in [2.05, 4.69) is 0 Å². The molecule has 0 heterocycles. The highest BCUT2D eigenvalue weighted by Gasteiger charge is 2.13. The molecule has 3 N–H and O–H groups in total. The third kappa shape index (κ3) is 3.05. The van der Waals surface area contributed by atoms with Gasteiger partial charge in [-0.15, -0.1) is 0 Å². The Balaban J connectivity index is 2.25. The van der Waals surface area contributed by atoms with Crippen molar-refractivity contribution in [2.24, 2.45) is 11.7 Å². The van der Waals surface area contributed by atoms with Crippen molar-refractivity contribution in [3.05, 3.63) is 42.0 Å². The summed E-state index contributed by atoms with van der Waals surface area (Å²) in [4.78, 5) is 11.3. The second kappa shape index (κ2) is 5.74. The van der Waals surface area contributed by atoms with Crippen molar-refractivity contribution in [3.8, 4) is 5.75 Å². The van der Waals surface area contributed by atoms with Crippen LogP contribution in [-0.2, 0) is 11.2 Å². The van der Waals surface area contributed by atoms with Gasteiger partial charge in [0, 0.05) is 5.92 Å². The molecule has 0 bridgehead atoms. The van der Waals surface area contributed by atoms with Crippen molar-refractivity contribution >= 4 is 16.7 Å². The number of hydrogen-bond donors (Lipinski definition) is 2. The van der Waals surface area contributed by atoms with Crippen LogP contribution in [0.25, 0.3) is 10.8 Å². The minimum absolute atomic E-state index is 0.0763. The molecule has 0 aliphatic carbocycles. The minimum atomic E-state index is -0.231. The van der Waals surface area contributed by atoms with E-state index < -0.39 is 0 Å². The van der Waals surface area contributed by atoms with Crippen molar-refractivity contribution in [3.63, 3.8) is 0 Å². The maximum Gasteiger partial charge on any atom is 0.220 e. The Bertz CT molecular complexity index is 592. The van der Waals surface area contributed by atoms with Crippen LogP contribution in [0.15, 0.2) is 36.4 Å². The summed E-state index contributed by atoms with van der Waals surface area (Å²) in [6.45, 7) is 1.98. The van der Waals surface area contributed by atoms with E-state index >= 15 is 0 Å². The molecule has 3 nitrogen and oxygen atoms in total. The number of fused-ring (bicyclic) bond motifs is 1. The van der Waals surface area contributed by atoms with Crippen molar-refractivity contribution in [2.45, 2.75) is 26.2 Å². The summed E-state index contributed by atoms with van der Waals surface area (Å²) in [7, 11) is 0. The summed E-state index contributed by atoms with van der Waals surface area (Å²) in [6.07, 6.45) is 2.31. The zero-order valence-electron chi connectivity index (χ0n) is 11.1. The Kier molecular flexibility index (Phi) is 4.05. The largest absolute Gasteiger partial charge is 0.508 e. The third-order valence-electron chi connectivity index (χ3n) is 3.61. The van der Waals surface area contributed by atoms with Crippen molar-refractivity contribution < 1.29 is 9.90 Å². The second-order valence-corrected chi connectivity index (χ2v) is 4.87. The van der Waals surface area contributed by atoms with E-state index in [1.807, 2.05) is 31.2 Å². The van der Waals surface area contributed by atoms with Crippen molar-refractivity contribution in [1.82, 2.24) is 0 Å². The molecule has 2 aromatic carbocycles. The minimum Gasteiger partial charge on any atom is -0.508 e. The van der Waals surface area contributed by atoms with Gasteiger partial charge in [0.05, 0.1) is 0 Å². The van der Waals surface area contributed by atoms with Gasteiger partial charge < -0.3 is 10.8 Å². The predicted octanol–water partition coefficient (Wildman–Crippen LogP) is 2.99. The average Bonchev–Trinajstić information content (AvgIpc) is 2.39. The lowest BCUT2D eigenvalue weighted by atomic mass is 9.94. The first-order chi connectivity index (χ1) is 9.11. The van der Waals surface area contributed by atoms with Crippen LogP contribution >= 0.6 is 0 Å². The zero-order valence-corrected chi connectivity index (χ0v) is 11.1. The smallest absolute Gasteiger partial charge is 0.220 e. The fraction of sp³-hybridized carbons (Fsp3) is 0.312. The van der Waals surface area contributed by atoms with Crippen LogP contribution in [-0.4, -0.2) is 11.0 Å². The predicted molar refractivity (Wildman–Crippen MR) is 76.9 cm³/mol. The van der Waals surface area contributed by atoms with Gasteiger partial charge in [0.2, 0.25) is 5.91 Å². The fourth-order valence-electron chi connectivity index (χ4n) is 2.42. The number of phenols is 1. The molecular formula is C16H19NO2. The highest BCUT2D eigenvalue weighted by atomic mass is 16.3. The number of benzene rings is 2. The van der Waals surface area contributed by atoms with Crippen LogP contribution in [0.2, 0.25) is 0 Å². The van der Waals surface area contributed by atoms with Gasteiger partial charge in [-0.1, -0.05) is 31.2 Å². The van der Waals surface area contributed by atoms with Crippen LogP contribution in [0, 0.1) is 5.92 Å². The van der Waals surface area contributed by atoms with Gasteiger partial charge >= 0.3 is 0 Å². The highest BCUT2D eigenvalue weighted by molar-refractivity contribution is 5.87. The molecule has 3 heteroatoms. The van der Waals surface area contributed by atoms with Crippen molar-refractivity contribution in [1.29, 1.82) is 0 Å².